The van der Waals surface area contributed by atoms with Crippen molar-refractivity contribution in [2.45, 2.75) is 19.0 Å². The highest BCUT2D eigenvalue weighted by Crippen LogP contribution is 2.33. The first kappa shape index (κ1) is 20.4. The molecule has 5 nitrogen and oxygen atoms in total. The summed E-state index contributed by atoms with van der Waals surface area (Å²) in [6.07, 6.45) is 0.512. The third kappa shape index (κ3) is 6.06. The molecule has 2 rings (SSSR count). The van der Waals surface area contributed by atoms with E-state index in [1.54, 1.807) is 14.2 Å². The van der Waals surface area contributed by atoms with Crippen molar-refractivity contribution in [1.29, 1.82) is 0 Å². The van der Waals surface area contributed by atoms with E-state index in [1.165, 1.54) is 0 Å². The number of nitrogens with one attached hydrogen (secondary N) is 2. The van der Waals surface area contributed by atoms with E-state index in [0.29, 0.717) is 24.5 Å². The van der Waals surface area contributed by atoms with Crippen LogP contribution in [0.5, 0.6) is 11.5 Å². The van der Waals surface area contributed by atoms with Crippen LogP contribution in [-0.4, -0.2) is 44.2 Å². The van der Waals surface area contributed by atoms with Gasteiger partial charge in [-0.3, -0.25) is 4.79 Å². The molecule has 1 aromatic carbocycles. The van der Waals surface area contributed by atoms with Crippen LogP contribution in [0.1, 0.15) is 12.0 Å². The third-order valence-corrected chi connectivity index (χ3v) is 5.33. The van der Waals surface area contributed by atoms with E-state index in [9.17, 15) is 4.79 Å². The Morgan fingerprint density at radius 3 is 2.70 bits per heavy atom. The van der Waals surface area contributed by atoms with Gasteiger partial charge in [-0.15, -0.1) is 12.4 Å². The lowest BCUT2D eigenvalue weighted by Gasteiger charge is -2.22. The molecule has 23 heavy (non-hydrogen) atoms. The Labute approximate surface area is 155 Å². The summed E-state index contributed by atoms with van der Waals surface area (Å²) in [6.45, 7) is 1.43. The van der Waals surface area contributed by atoms with Gasteiger partial charge in [0, 0.05) is 41.5 Å². The van der Waals surface area contributed by atoms with Crippen LogP contribution in [0.25, 0.3) is 0 Å². The summed E-state index contributed by atoms with van der Waals surface area (Å²) in [5.74, 6) is 3.49. The zero-order valence-corrected chi connectivity index (χ0v) is 16.4. The fourth-order valence-corrected chi connectivity index (χ4v) is 3.68. The molecule has 1 atom stereocenters. The highest BCUT2D eigenvalue weighted by atomic mass is 79.9. The highest BCUT2D eigenvalue weighted by Gasteiger charge is 2.17. The van der Waals surface area contributed by atoms with Crippen LogP contribution in [0, 0.1) is 0 Å². The summed E-state index contributed by atoms with van der Waals surface area (Å²) >= 11 is 5.39. The van der Waals surface area contributed by atoms with Gasteiger partial charge in [0.15, 0.2) is 11.5 Å². The number of methoxy groups -OCH3 is 2. The maximum Gasteiger partial charge on any atom is 0.221 e. The topological polar surface area (TPSA) is 59.6 Å². The van der Waals surface area contributed by atoms with Crippen molar-refractivity contribution in [2.75, 3.05) is 32.3 Å². The quantitative estimate of drug-likeness (QED) is 0.734. The molecule has 1 aliphatic heterocycles. The summed E-state index contributed by atoms with van der Waals surface area (Å²) in [5, 5.41) is 6.33. The molecule has 0 aromatic heterocycles. The molecule has 1 heterocycles. The van der Waals surface area contributed by atoms with Gasteiger partial charge in [-0.2, -0.15) is 11.8 Å². The lowest BCUT2D eigenvalue weighted by atomic mass is 10.2. The molecule has 1 fully saturated rings. The molecule has 0 bridgehead atoms. The molecule has 0 saturated carbocycles. The van der Waals surface area contributed by atoms with E-state index in [4.69, 9.17) is 9.47 Å². The molecule has 1 aliphatic rings. The van der Waals surface area contributed by atoms with E-state index in [1.807, 2.05) is 23.9 Å². The number of amides is 1. The Morgan fingerprint density at radius 1 is 1.39 bits per heavy atom. The first-order chi connectivity index (χ1) is 10.6. The second-order valence-electron chi connectivity index (χ2n) is 5.01. The molecular weight excluding hydrogens is 404 g/mol. The summed E-state index contributed by atoms with van der Waals surface area (Å²) in [5.41, 5.74) is 0.956. The first-order valence-corrected chi connectivity index (χ1v) is 9.07. The van der Waals surface area contributed by atoms with Crippen molar-refractivity contribution in [3.05, 3.63) is 22.2 Å². The number of hydrogen-bond donors (Lipinski definition) is 2. The van der Waals surface area contributed by atoms with E-state index in [2.05, 4.69) is 26.6 Å². The van der Waals surface area contributed by atoms with Crippen LogP contribution in [0.2, 0.25) is 0 Å². The number of thioether (sulfide) groups is 1. The largest absolute Gasteiger partial charge is 0.493 e. The van der Waals surface area contributed by atoms with Crippen LogP contribution in [-0.2, 0) is 11.3 Å². The van der Waals surface area contributed by atoms with Crippen molar-refractivity contribution in [1.82, 2.24) is 10.6 Å². The minimum absolute atomic E-state index is 0. The van der Waals surface area contributed by atoms with E-state index >= 15 is 0 Å². The van der Waals surface area contributed by atoms with Crippen molar-refractivity contribution >= 4 is 46.0 Å². The number of halogens is 2. The van der Waals surface area contributed by atoms with Crippen LogP contribution in [0.4, 0.5) is 0 Å². The molecule has 1 unspecified atom stereocenters. The number of hydrogen-bond acceptors (Lipinski definition) is 5. The van der Waals surface area contributed by atoms with Crippen LogP contribution >= 0.6 is 40.1 Å². The molecule has 130 valence electrons. The molecule has 8 heteroatoms. The number of rotatable bonds is 6. The van der Waals surface area contributed by atoms with Crippen LogP contribution in [0.3, 0.4) is 0 Å². The Bertz CT molecular complexity index is 528. The molecule has 0 aliphatic carbocycles. The van der Waals surface area contributed by atoms with E-state index in [-0.39, 0.29) is 24.4 Å². The standard InChI is InChI=1S/C15H21BrN2O3S.ClH/c1-20-13-5-10(12(16)7-14(13)21-2)8-18-15(19)6-11-9-22-4-3-17-11;/h5,7,11,17H,3-4,6,8-9H2,1-2H3,(H,18,19);1H. The highest BCUT2D eigenvalue weighted by molar-refractivity contribution is 9.10. The minimum atomic E-state index is 0. The lowest BCUT2D eigenvalue weighted by molar-refractivity contribution is -0.121. The molecule has 0 spiro atoms. The predicted molar refractivity (Wildman–Crippen MR) is 100 cm³/mol. The van der Waals surface area contributed by atoms with Crippen molar-refractivity contribution < 1.29 is 14.3 Å². The van der Waals surface area contributed by atoms with Gasteiger partial charge in [0.2, 0.25) is 5.91 Å². The maximum atomic E-state index is 12.0. The number of ether oxygens (including phenoxy) is 2. The first-order valence-electron chi connectivity index (χ1n) is 7.12. The normalized spacial score (nSPS) is 17.1. The fourth-order valence-electron chi connectivity index (χ4n) is 2.27. The monoisotopic (exact) mass is 424 g/mol. The molecule has 1 amide bonds. The summed E-state index contributed by atoms with van der Waals surface area (Å²) in [4.78, 5) is 12.0. The Kier molecular flexibility index (Phi) is 9.12. The second-order valence-corrected chi connectivity index (χ2v) is 7.01. The molecule has 2 N–H and O–H groups in total. The zero-order valence-electron chi connectivity index (χ0n) is 13.2. The van der Waals surface area contributed by atoms with Gasteiger partial charge in [0.1, 0.15) is 0 Å². The third-order valence-electron chi connectivity index (χ3n) is 3.46. The molecule has 1 aromatic rings. The zero-order chi connectivity index (χ0) is 15.9. The lowest BCUT2D eigenvalue weighted by Crippen LogP contribution is -2.41. The molecule has 1 saturated heterocycles. The fraction of sp³-hybridized carbons (Fsp3) is 0.533. The average molecular weight is 426 g/mol. The van der Waals surface area contributed by atoms with Gasteiger partial charge in [-0.05, 0) is 17.7 Å². The Hall–Kier alpha value is -0.630. The van der Waals surface area contributed by atoms with Crippen molar-refractivity contribution in [3.8, 4) is 11.5 Å². The SMILES string of the molecule is COc1cc(Br)c(CNC(=O)CC2CSCCN2)cc1OC.Cl. The van der Waals surface area contributed by atoms with Crippen molar-refractivity contribution in [2.24, 2.45) is 0 Å². The number of benzene rings is 1. The summed E-state index contributed by atoms with van der Waals surface area (Å²) in [7, 11) is 3.20. The van der Waals surface area contributed by atoms with E-state index < -0.39 is 0 Å². The predicted octanol–water partition coefficient (Wildman–Crippen LogP) is 2.60. The van der Waals surface area contributed by atoms with Gasteiger partial charge in [-0.1, -0.05) is 15.9 Å². The molecular formula is C15H22BrClN2O3S. The Balaban J connectivity index is 0.00000264. The van der Waals surface area contributed by atoms with Gasteiger partial charge < -0.3 is 20.1 Å². The Morgan fingerprint density at radius 2 is 2.09 bits per heavy atom. The average Bonchev–Trinajstić information content (AvgIpc) is 2.54. The van der Waals surface area contributed by atoms with Gasteiger partial charge in [0.25, 0.3) is 0 Å². The molecule has 0 radical (unpaired) electrons. The summed E-state index contributed by atoms with van der Waals surface area (Å²) in [6, 6.07) is 3.99. The van der Waals surface area contributed by atoms with E-state index in [0.717, 1.165) is 28.1 Å². The van der Waals surface area contributed by atoms with Crippen molar-refractivity contribution in [3.63, 3.8) is 0 Å². The maximum absolute atomic E-state index is 12.0. The van der Waals surface area contributed by atoms with Crippen LogP contribution in [0.15, 0.2) is 16.6 Å². The number of carbonyl (C=O) groups excluding carboxylic acids is 1. The van der Waals surface area contributed by atoms with Gasteiger partial charge in [-0.25, -0.2) is 0 Å². The minimum Gasteiger partial charge on any atom is -0.493 e. The summed E-state index contributed by atoms with van der Waals surface area (Å²) < 4.78 is 11.4. The van der Waals surface area contributed by atoms with Crippen LogP contribution < -0.4 is 20.1 Å². The van der Waals surface area contributed by atoms with Gasteiger partial charge >= 0.3 is 0 Å². The van der Waals surface area contributed by atoms with Gasteiger partial charge in [0.05, 0.1) is 14.2 Å². The second kappa shape index (κ2) is 10.3. The number of carbonyl (C=O) groups is 1. The smallest absolute Gasteiger partial charge is 0.221 e.